The number of carbonyl (C=O) groups excluding carboxylic acids is 3. The Morgan fingerprint density at radius 2 is 0.470 bits per heavy atom. The smallest absolute Gasteiger partial charge is 0.306 e. The Kier molecular flexibility index (Phi) is 67.2. The first kappa shape index (κ1) is 79.1. The molecule has 0 saturated heterocycles. The van der Waals surface area contributed by atoms with Crippen LogP contribution in [-0.4, -0.2) is 37.2 Å². The molecule has 0 rings (SSSR count). The lowest BCUT2D eigenvalue weighted by atomic mass is 10.1. The van der Waals surface area contributed by atoms with Gasteiger partial charge in [-0.05, 0) is 128 Å². The van der Waals surface area contributed by atoms with Crippen LogP contribution in [0.4, 0.5) is 0 Å². The second-order valence-electron chi connectivity index (χ2n) is 23.4. The van der Waals surface area contributed by atoms with Crippen LogP contribution in [0.1, 0.15) is 342 Å². The monoisotopic (exact) mass is 1150 g/mol. The number of unbranched alkanes of at least 4 members (excludes halogenated alkanes) is 35. The third-order valence-corrected chi connectivity index (χ3v) is 15.2. The van der Waals surface area contributed by atoms with E-state index in [0.717, 1.165) is 116 Å². The molecule has 0 aromatic rings. The number of allylic oxidation sites excluding steroid dienone is 18. The summed E-state index contributed by atoms with van der Waals surface area (Å²) in [6, 6.07) is 0. The number of rotatable bonds is 64. The third-order valence-electron chi connectivity index (χ3n) is 15.2. The largest absolute Gasteiger partial charge is 0.462 e. The fraction of sp³-hybridized carbons (Fsp3) is 0.727. The van der Waals surface area contributed by atoms with E-state index < -0.39 is 6.10 Å². The van der Waals surface area contributed by atoms with E-state index in [0.29, 0.717) is 19.3 Å². The Labute approximate surface area is 514 Å². The Hall–Kier alpha value is -3.93. The maximum atomic E-state index is 13.0. The third kappa shape index (κ3) is 68.7. The highest BCUT2D eigenvalue weighted by Gasteiger charge is 2.19. The summed E-state index contributed by atoms with van der Waals surface area (Å²) < 4.78 is 17.0. The number of hydrogen-bond donors (Lipinski definition) is 0. The second kappa shape index (κ2) is 70.6. The average molecular weight is 1150 g/mol. The van der Waals surface area contributed by atoms with Crippen LogP contribution in [0, 0.1) is 0 Å². The highest BCUT2D eigenvalue weighted by atomic mass is 16.6. The van der Waals surface area contributed by atoms with Gasteiger partial charge in [0.2, 0.25) is 0 Å². The Bertz CT molecular complexity index is 1660. The molecule has 0 fully saturated rings. The van der Waals surface area contributed by atoms with Crippen LogP contribution in [0.2, 0.25) is 0 Å². The van der Waals surface area contributed by atoms with Gasteiger partial charge in [0.25, 0.3) is 0 Å². The van der Waals surface area contributed by atoms with E-state index in [1.807, 2.05) is 0 Å². The predicted molar refractivity (Wildman–Crippen MR) is 362 cm³/mol. The van der Waals surface area contributed by atoms with Gasteiger partial charge in [0.15, 0.2) is 6.10 Å². The van der Waals surface area contributed by atoms with Gasteiger partial charge in [-0.25, -0.2) is 0 Å². The summed E-state index contributed by atoms with van der Waals surface area (Å²) in [6.07, 6.45) is 96.7. The van der Waals surface area contributed by atoms with Gasteiger partial charge in [0, 0.05) is 19.3 Å². The molecule has 0 aliphatic rings. The zero-order valence-corrected chi connectivity index (χ0v) is 54.7. The van der Waals surface area contributed by atoms with Gasteiger partial charge >= 0.3 is 17.9 Å². The highest BCUT2D eigenvalue weighted by molar-refractivity contribution is 5.71. The fourth-order valence-electron chi connectivity index (χ4n) is 9.94. The molecule has 6 heteroatoms. The molecule has 0 aromatic carbocycles. The molecule has 0 spiro atoms. The lowest BCUT2D eigenvalue weighted by Gasteiger charge is -2.18. The first-order valence-electron chi connectivity index (χ1n) is 35.4. The van der Waals surface area contributed by atoms with Gasteiger partial charge in [-0.1, -0.05) is 304 Å². The van der Waals surface area contributed by atoms with Crippen molar-refractivity contribution in [3.8, 4) is 0 Å². The molecule has 1 unspecified atom stereocenters. The standard InChI is InChI=1S/C77H132O6/c1-4-7-10-13-16-19-22-25-28-31-33-35-36-37-38-39-40-42-43-46-49-52-55-58-61-64-67-70-76(79)82-73-74(72-81-75(78)69-66-63-60-57-54-51-48-45-30-27-24-21-18-15-12-9-6-3)83-77(80)71-68-65-62-59-56-53-50-47-44-41-34-32-29-26-23-20-17-14-11-8-5-2/h7,10,16,18-19,21,25,27-28,30,32-35,37-38,40,42,74H,4-6,8-9,11-15,17,20,22-24,26,29,31,36,39,41,43-73H2,1-3H3/b10-7-,19-16-,21-18-,28-25-,30-27-,34-32-,35-33-,38-37-,42-40-. The first-order valence-corrected chi connectivity index (χ1v) is 35.4. The number of hydrogen-bond acceptors (Lipinski definition) is 6. The minimum Gasteiger partial charge on any atom is -0.462 e. The molecule has 0 aliphatic carbocycles. The summed E-state index contributed by atoms with van der Waals surface area (Å²) in [5, 5.41) is 0. The van der Waals surface area contributed by atoms with Crippen molar-refractivity contribution in [2.75, 3.05) is 13.2 Å². The number of esters is 3. The molecule has 0 heterocycles. The van der Waals surface area contributed by atoms with Crippen molar-refractivity contribution < 1.29 is 28.6 Å². The van der Waals surface area contributed by atoms with Gasteiger partial charge < -0.3 is 14.2 Å². The minimum atomic E-state index is -0.790. The molecule has 0 N–H and O–H groups in total. The first-order chi connectivity index (χ1) is 41.0. The van der Waals surface area contributed by atoms with Crippen LogP contribution in [0.5, 0.6) is 0 Å². The van der Waals surface area contributed by atoms with Crippen molar-refractivity contribution in [3.63, 3.8) is 0 Å². The Balaban J connectivity index is 4.38. The van der Waals surface area contributed by atoms with Crippen molar-refractivity contribution in [2.45, 2.75) is 348 Å². The summed E-state index contributed by atoms with van der Waals surface area (Å²) in [5.41, 5.74) is 0. The Morgan fingerprint density at radius 1 is 0.253 bits per heavy atom. The summed E-state index contributed by atoms with van der Waals surface area (Å²) in [7, 11) is 0. The topological polar surface area (TPSA) is 78.9 Å². The molecule has 0 aliphatic heterocycles. The lowest BCUT2D eigenvalue weighted by Crippen LogP contribution is -2.30. The van der Waals surface area contributed by atoms with E-state index in [9.17, 15) is 14.4 Å². The molecule has 0 aromatic heterocycles. The normalized spacial score (nSPS) is 12.8. The molecular formula is C77H132O6. The van der Waals surface area contributed by atoms with E-state index in [1.54, 1.807) is 0 Å². The van der Waals surface area contributed by atoms with E-state index in [-0.39, 0.29) is 31.1 Å². The zero-order chi connectivity index (χ0) is 59.9. The molecule has 0 bridgehead atoms. The average Bonchev–Trinajstić information content (AvgIpc) is 3.49. The summed E-state index contributed by atoms with van der Waals surface area (Å²) in [5.74, 6) is -0.889. The van der Waals surface area contributed by atoms with Crippen molar-refractivity contribution in [1.29, 1.82) is 0 Å². The van der Waals surface area contributed by atoms with Crippen LogP contribution < -0.4 is 0 Å². The van der Waals surface area contributed by atoms with Crippen LogP contribution in [-0.2, 0) is 28.6 Å². The van der Waals surface area contributed by atoms with E-state index in [1.165, 1.54) is 186 Å². The van der Waals surface area contributed by atoms with Crippen LogP contribution in [0.25, 0.3) is 0 Å². The van der Waals surface area contributed by atoms with Crippen molar-refractivity contribution in [2.24, 2.45) is 0 Å². The summed E-state index contributed by atoms with van der Waals surface area (Å²) in [6.45, 7) is 6.52. The van der Waals surface area contributed by atoms with E-state index >= 15 is 0 Å². The van der Waals surface area contributed by atoms with Crippen molar-refractivity contribution >= 4 is 17.9 Å². The molecule has 0 amide bonds. The summed E-state index contributed by atoms with van der Waals surface area (Å²) in [4.78, 5) is 38.5. The molecule has 1 atom stereocenters. The van der Waals surface area contributed by atoms with Crippen LogP contribution in [0.3, 0.4) is 0 Å². The predicted octanol–water partition coefficient (Wildman–Crippen LogP) is 24.6. The minimum absolute atomic E-state index is 0.0848. The highest BCUT2D eigenvalue weighted by Crippen LogP contribution is 2.17. The van der Waals surface area contributed by atoms with E-state index in [2.05, 4.69) is 130 Å². The fourth-order valence-corrected chi connectivity index (χ4v) is 9.94. The van der Waals surface area contributed by atoms with Gasteiger partial charge in [-0.2, -0.15) is 0 Å². The van der Waals surface area contributed by atoms with Gasteiger partial charge in [-0.15, -0.1) is 0 Å². The number of ether oxygens (including phenoxy) is 3. The quantitative estimate of drug-likeness (QED) is 0.0261. The van der Waals surface area contributed by atoms with Crippen molar-refractivity contribution in [1.82, 2.24) is 0 Å². The lowest BCUT2D eigenvalue weighted by molar-refractivity contribution is -0.167. The molecule has 476 valence electrons. The molecular weight excluding hydrogens is 1020 g/mol. The molecule has 83 heavy (non-hydrogen) atoms. The number of carbonyl (C=O) groups is 3. The molecule has 0 radical (unpaired) electrons. The van der Waals surface area contributed by atoms with Gasteiger partial charge in [-0.3, -0.25) is 14.4 Å². The van der Waals surface area contributed by atoms with Gasteiger partial charge in [0.05, 0.1) is 0 Å². The maximum Gasteiger partial charge on any atom is 0.306 e. The van der Waals surface area contributed by atoms with Crippen molar-refractivity contribution in [3.05, 3.63) is 109 Å². The van der Waals surface area contributed by atoms with E-state index in [4.69, 9.17) is 14.2 Å². The van der Waals surface area contributed by atoms with Gasteiger partial charge in [0.1, 0.15) is 13.2 Å². The molecule has 0 saturated carbocycles. The summed E-state index contributed by atoms with van der Waals surface area (Å²) >= 11 is 0. The maximum absolute atomic E-state index is 13.0. The molecule has 6 nitrogen and oxygen atoms in total. The van der Waals surface area contributed by atoms with Crippen LogP contribution in [0.15, 0.2) is 109 Å². The second-order valence-corrected chi connectivity index (χ2v) is 23.4. The van der Waals surface area contributed by atoms with Crippen LogP contribution >= 0.6 is 0 Å². The Morgan fingerprint density at radius 3 is 0.771 bits per heavy atom. The SMILES string of the molecule is CC/C=C\C/C=C\C/C=C\C/C=C\C/C=C\C/C=C\CCCCCCCCCCC(=O)OCC(COC(=O)CCCCCCCCC/C=C\C/C=C\CCCCC)OC(=O)CCCCCCCCCCC/C=C\CCCCCCCCCC. The zero-order valence-electron chi connectivity index (χ0n) is 54.7.